The first-order valence-corrected chi connectivity index (χ1v) is 9.00. The van der Waals surface area contributed by atoms with Gasteiger partial charge in [0, 0.05) is 22.8 Å². The molecule has 1 rings (SSSR count). The molecular weight excluding hydrogens is 298 g/mol. The first-order chi connectivity index (χ1) is 9.36. The van der Waals surface area contributed by atoms with Gasteiger partial charge >= 0.3 is 0 Å². The lowest BCUT2D eigenvalue weighted by Crippen LogP contribution is -2.24. The van der Waals surface area contributed by atoms with Crippen molar-refractivity contribution in [1.29, 1.82) is 0 Å². The number of carbonyl (C=O) groups excluding carboxylic acids is 1. The van der Waals surface area contributed by atoms with E-state index in [1.54, 1.807) is 19.1 Å². The molecule has 4 nitrogen and oxygen atoms in total. The highest BCUT2D eigenvalue weighted by Crippen LogP contribution is 2.20. The molecule has 1 N–H and O–H groups in total. The third kappa shape index (κ3) is 5.13. The van der Waals surface area contributed by atoms with Crippen LogP contribution < -0.4 is 5.32 Å². The molecule has 0 aliphatic heterocycles. The molecule has 0 heterocycles. The Kier molecular flexibility index (Phi) is 6.49. The SMILES string of the molecule is CCCCCCNC(=O)c1ccc(C)c(S(=O)(=O)Cl)c1. The van der Waals surface area contributed by atoms with Crippen LogP contribution in [0.4, 0.5) is 0 Å². The normalized spacial score (nSPS) is 11.3. The standard InChI is InChI=1S/C14H20ClNO3S/c1-3-4-5-6-9-16-14(17)12-8-7-11(2)13(10-12)20(15,18)19/h7-8,10H,3-6,9H2,1-2H3,(H,16,17). The highest BCUT2D eigenvalue weighted by atomic mass is 35.7. The molecule has 0 fully saturated rings. The number of hydrogen-bond acceptors (Lipinski definition) is 3. The van der Waals surface area contributed by atoms with Gasteiger partial charge in [-0.05, 0) is 31.0 Å². The maximum absolute atomic E-state index is 11.9. The van der Waals surface area contributed by atoms with Gasteiger partial charge in [-0.15, -0.1) is 0 Å². The van der Waals surface area contributed by atoms with Gasteiger partial charge in [0.05, 0.1) is 4.90 Å². The minimum absolute atomic E-state index is 0.0159. The molecule has 0 aromatic heterocycles. The van der Waals surface area contributed by atoms with Crippen LogP contribution in [0.5, 0.6) is 0 Å². The number of hydrogen-bond donors (Lipinski definition) is 1. The molecule has 0 saturated carbocycles. The van der Waals surface area contributed by atoms with Gasteiger partial charge in [0.1, 0.15) is 0 Å². The van der Waals surface area contributed by atoms with Crippen LogP contribution >= 0.6 is 10.7 Å². The summed E-state index contributed by atoms with van der Waals surface area (Å²) in [4.78, 5) is 11.9. The van der Waals surface area contributed by atoms with Gasteiger partial charge in [0.15, 0.2) is 0 Å². The second-order valence-corrected chi connectivity index (χ2v) is 7.27. The maximum Gasteiger partial charge on any atom is 0.261 e. The van der Waals surface area contributed by atoms with E-state index >= 15 is 0 Å². The predicted octanol–water partition coefficient (Wildman–Crippen LogP) is 3.23. The molecule has 0 aliphatic carbocycles. The van der Waals surface area contributed by atoms with Crippen molar-refractivity contribution in [3.63, 3.8) is 0 Å². The van der Waals surface area contributed by atoms with Crippen LogP contribution in [0.15, 0.2) is 23.1 Å². The van der Waals surface area contributed by atoms with E-state index in [4.69, 9.17) is 10.7 Å². The Balaban J connectivity index is 2.70. The van der Waals surface area contributed by atoms with Gasteiger partial charge in [-0.3, -0.25) is 4.79 Å². The molecule has 0 saturated heterocycles. The van der Waals surface area contributed by atoms with Crippen molar-refractivity contribution in [3.8, 4) is 0 Å². The molecule has 0 aliphatic rings. The number of benzene rings is 1. The highest BCUT2D eigenvalue weighted by Gasteiger charge is 2.16. The van der Waals surface area contributed by atoms with E-state index in [1.165, 1.54) is 6.07 Å². The van der Waals surface area contributed by atoms with Crippen molar-refractivity contribution in [2.75, 3.05) is 6.54 Å². The van der Waals surface area contributed by atoms with Gasteiger partial charge in [0.25, 0.3) is 15.0 Å². The van der Waals surface area contributed by atoms with Crippen LogP contribution in [0.25, 0.3) is 0 Å². The monoisotopic (exact) mass is 317 g/mol. The van der Waals surface area contributed by atoms with Crippen LogP contribution in [-0.4, -0.2) is 20.9 Å². The lowest BCUT2D eigenvalue weighted by Gasteiger charge is -2.07. The fraction of sp³-hybridized carbons (Fsp3) is 0.500. The quantitative estimate of drug-likeness (QED) is 0.620. The van der Waals surface area contributed by atoms with E-state index in [0.717, 1.165) is 25.7 Å². The largest absolute Gasteiger partial charge is 0.352 e. The highest BCUT2D eigenvalue weighted by molar-refractivity contribution is 8.13. The lowest BCUT2D eigenvalue weighted by atomic mass is 10.1. The predicted molar refractivity (Wildman–Crippen MR) is 80.7 cm³/mol. The number of carbonyl (C=O) groups is 1. The van der Waals surface area contributed by atoms with Gasteiger partial charge in [-0.2, -0.15) is 0 Å². The Morgan fingerprint density at radius 3 is 2.55 bits per heavy atom. The van der Waals surface area contributed by atoms with E-state index in [9.17, 15) is 13.2 Å². The van der Waals surface area contributed by atoms with E-state index in [-0.39, 0.29) is 10.8 Å². The summed E-state index contributed by atoms with van der Waals surface area (Å²) >= 11 is 0. The molecule has 6 heteroatoms. The third-order valence-electron chi connectivity index (χ3n) is 3.03. The average Bonchev–Trinajstić information content (AvgIpc) is 2.37. The molecule has 0 unspecified atom stereocenters. The van der Waals surface area contributed by atoms with Crippen molar-refractivity contribution in [2.45, 2.75) is 44.4 Å². The summed E-state index contributed by atoms with van der Waals surface area (Å²) in [5, 5.41) is 2.78. The molecular formula is C14H20ClNO3S. The zero-order chi connectivity index (χ0) is 15.2. The summed E-state index contributed by atoms with van der Waals surface area (Å²) in [5.41, 5.74) is 0.838. The van der Waals surface area contributed by atoms with Crippen LogP contribution in [0, 0.1) is 6.92 Å². The Morgan fingerprint density at radius 1 is 1.25 bits per heavy atom. The first-order valence-electron chi connectivity index (χ1n) is 6.69. The summed E-state index contributed by atoms with van der Waals surface area (Å²) < 4.78 is 22.8. The second-order valence-electron chi connectivity index (χ2n) is 4.73. The van der Waals surface area contributed by atoms with E-state index < -0.39 is 9.05 Å². The molecule has 112 valence electrons. The number of rotatable bonds is 7. The van der Waals surface area contributed by atoms with Gasteiger partial charge in [-0.25, -0.2) is 8.42 Å². The molecule has 1 aromatic rings. The van der Waals surface area contributed by atoms with Gasteiger partial charge < -0.3 is 5.32 Å². The summed E-state index contributed by atoms with van der Waals surface area (Å²) in [7, 11) is 1.51. The average molecular weight is 318 g/mol. The summed E-state index contributed by atoms with van der Waals surface area (Å²) in [6.07, 6.45) is 4.29. The third-order valence-corrected chi connectivity index (χ3v) is 4.49. The Hall–Kier alpha value is -1.07. The minimum Gasteiger partial charge on any atom is -0.352 e. The zero-order valence-corrected chi connectivity index (χ0v) is 13.4. The second kappa shape index (κ2) is 7.64. The fourth-order valence-electron chi connectivity index (χ4n) is 1.86. The number of aryl methyl sites for hydroxylation is 1. The molecule has 20 heavy (non-hydrogen) atoms. The van der Waals surface area contributed by atoms with Crippen LogP contribution in [0.2, 0.25) is 0 Å². The van der Waals surface area contributed by atoms with Crippen molar-refractivity contribution in [3.05, 3.63) is 29.3 Å². The number of amides is 1. The fourth-order valence-corrected chi connectivity index (χ4v) is 3.08. The maximum atomic E-state index is 11.9. The number of halogens is 1. The van der Waals surface area contributed by atoms with Crippen LogP contribution in [-0.2, 0) is 9.05 Å². The zero-order valence-electron chi connectivity index (χ0n) is 11.8. The number of nitrogens with one attached hydrogen (secondary N) is 1. The Bertz CT molecular complexity index is 570. The summed E-state index contributed by atoms with van der Waals surface area (Å²) in [5.74, 6) is -0.275. The first kappa shape index (κ1) is 17.0. The lowest BCUT2D eigenvalue weighted by molar-refractivity contribution is 0.0952. The molecule has 1 amide bonds. The topological polar surface area (TPSA) is 63.2 Å². The van der Waals surface area contributed by atoms with Crippen molar-refractivity contribution >= 4 is 25.6 Å². The van der Waals surface area contributed by atoms with Crippen molar-refractivity contribution in [2.24, 2.45) is 0 Å². The van der Waals surface area contributed by atoms with E-state index in [0.29, 0.717) is 17.7 Å². The van der Waals surface area contributed by atoms with E-state index in [1.807, 2.05) is 0 Å². The Morgan fingerprint density at radius 2 is 1.95 bits per heavy atom. The molecule has 0 radical (unpaired) electrons. The molecule has 0 bridgehead atoms. The molecule has 0 atom stereocenters. The van der Waals surface area contributed by atoms with E-state index in [2.05, 4.69) is 12.2 Å². The van der Waals surface area contributed by atoms with Crippen LogP contribution in [0.3, 0.4) is 0 Å². The Labute approximate surface area is 124 Å². The smallest absolute Gasteiger partial charge is 0.261 e. The minimum atomic E-state index is -3.83. The molecule has 1 aromatic carbocycles. The van der Waals surface area contributed by atoms with Crippen LogP contribution in [0.1, 0.15) is 48.5 Å². The summed E-state index contributed by atoms with van der Waals surface area (Å²) in [6, 6.07) is 4.50. The van der Waals surface area contributed by atoms with Gasteiger partial charge in [0.2, 0.25) is 0 Å². The van der Waals surface area contributed by atoms with Crippen molar-refractivity contribution in [1.82, 2.24) is 5.32 Å². The number of unbranched alkanes of at least 4 members (excludes halogenated alkanes) is 3. The molecule has 0 spiro atoms. The van der Waals surface area contributed by atoms with Gasteiger partial charge in [-0.1, -0.05) is 32.3 Å². The van der Waals surface area contributed by atoms with Crippen molar-refractivity contribution < 1.29 is 13.2 Å². The summed E-state index contributed by atoms with van der Waals surface area (Å²) in [6.45, 7) is 4.36.